The first kappa shape index (κ1) is 10.3. The fraction of sp³-hybridized carbons (Fsp3) is 0.333. The van der Waals surface area contributed by atoms with Crippen molar-refractivity contribution in [3.8, 4) is 5.75 Å². The number of benzene rings is 1. The number of aromatic nitrogens is 3. The summed E-state index contributed by atoms with van der Waals surface area (Å²) in [7, 11) is 0. The van der Waals surface area contributed by atoms with Crippen LogP contribution in [0, 0.1) is 17.0 Å². The van der Waals surface area contributed by atoms with Crippen LogP contribution < -0.4 is 0 Å². The number of hydrogen-bond donors (Lipinski definition) is 2. The molecule has 0 saturated heterocycles. The lowest BCUT2D eigenvalue weighted by molar-refractivity contribution is -0.386. The lowest BCUT2D eigenvalue weighted by atomic mass is 10.0. The zero-order valence-electron chi connectivity index (χ0n) is 8.81. The Kier molecular flexibility index (Phi) is 2.22. The quantitative estimate of drug-likeness (QED) is 0.590. The molecule has 0 aliphatic rings. The van der Waals surface area contributed by atoms with E-state index < -0.39 is 4.92 Å². The third-order valence-corrected chi connectivity index (χ3v) is 2.61. The van der Waals surface area contributed by atoms with Crippen LogP contribution in [0.3, 0.4) is 0 Å². The molecule has 84 valence electrons. The summed E-state index contributed by atoms with van der Waals surface area (Å²) in [4.78, 5) is 10.3. The van der Waals surface area contributed by atoms with Gasteiger partial charge < -0.3 is 5.11 Å². The number of H-pyrrole nitrogens is 1. The second-order valence-corrected chi connectivity index (χ2v) is 3.45. The summed E-state index contributed by atoms with van der Waals surface area (Å²) in [5.74, 6) is -0.314. The lowest BCUT2D eigenvalue weighted by Crippen LogP contribution is -1.97. The SMILES string of the molecule is CCc1c(O)c([N+](=O)[O-])c(C)c2[nH]nnc12. The van der Waals surface area contributed by atoms with E-state index in [4.69, 9.17) is 0 Å². The van der Waals surface area contributed by atoms with E-state index in [-0.39, 0.29) is 11.4 Å². The molecular formula is C9H10N4O3. The summed E-state index contributed by atoms with van der Waals surface area (Å²) in [6.45, 7) is 3.35. The number of aromatic amines is 1. The molecule has 0 unspecified atom stereocenters. The molecule has 0 aliphatic heterocycles. The van der Waals surface area contributed by atoms with Gasteiger partial charge in [0.2, 0.25) is 0 Å². The zero-order chi connectivity index (χ0) is 11.9. The number of nitro benzene ring substituents is 1. The van der Waals surface area contributed by atoms with E-state index in [1.807, 2.05) is 0 Å². The number of nitrogens with zero attached hydrogens (tertiary/aromatic N) is 3. The van der Waals surface area contributed by atoms with Gasteiger partial charge in [0.15, 0.2) is 5.75 Å². The Bertz CT molecular complexity index is 576. The predicted octanol–water partition coefficient (Wildman–Crippen LogP) is 1.44. The molecule has 0 fully saturated rings. The topological polar surface area (TPSA) is 105 Å². The minimum atomic E-state index is -0.593. The molecule has 0 spiro atoms. The molecule has 1 aromatic carbocycles. The maximum atomic E-state index is 10.9. The van der Waals surface area contributed by atoms with Gasteiger partial charge in [-0.25, -0.2) is 0 Å². The predicted molar refractivity (Wildman–Crippen MR) is 56.3 cm³/mol. The van der Waals surface area contributed by atoms with E-state index in [1.165, 1.54) is 0 Å². The maximum absolute atomic E-state index is 10.9. The van der Waals surface area contributed by atoms with Crippen LogP contribution in [0.5, 0.6) is 5.75 Å². The number of aromatic hydroxyl groups is 1. The Morgan fingerprint density at radius 2 is 2.25 bits per heavy atom. The van der Waals surface area contributed by atoms with Crippen molar-refractivity contribution < 1.29 is 10.0 Å². The average molecular weight is 222 g/mol. The Hall–Kier alpha value is -2.18. The molecule has 0 atom stereocenters. The Balaban J connectivity index is 2.96. The second kappa shape index (κ2) is 3.44. The van der Waals surface area contributed by atoms with Crippen LogP contribution in [0.2, 0.25) is 0 Å². The zero-order valence-corrected chi connectivity index (χ0v) is 8.81. The van der Waals surface area contributed by atoms with Crippen molar-refractivity contribution in [1.82, 2.24) is 15.4 Å². The van der Waals surface area contributed by atoms with Gasteiger partial charge in [0.1, 0.15) is 5.52 Å². The van der Waals surface area contributed by atoms with Gasteiger partial charge in [0, 0.05) is 5.56 Å². The van der Waals surface area contributed by atoms with E-state index in [2.05, 4.69) is 15.4 Å². The number of aryl methyl sites for hydroxylation is 2. The molecule has 7 heteroatoms. The van der Waals surface area contributed by atoms with E-state index >= 15 is 0 Å². The fourth-order valence-electron chi connectivity index (χ4n) is 1.81. The molecule has 0 radical (unpaired) electrons. The number of nitrogens with one attached hydrogen (secondary N) is 1. The smallest absolute Gasteiger partial charge is 0.316 e. The van der Waals surface area contributed by atoms with E-state index in [9.17, 15) is 15.2 Å². The minimum Gasteiger partial charge on any atom is -0.502 e. The van der Waals surface area contributed by atoms with Gasteiger partial charge in [-0.3, -0.25) is 15.2 Å². The fourth-order valence-corrected chi connectivity index (χ4v) is 1.81. The Labute approximate surface area is 90.2 Å². The van der Waals surface area contributed by atoms with Crippen LogP contribution in [0.1, 0.15) is 18.1 Å². The number of fused-ring (bicyclic) bond motifs is 1. The monoisotopic (exact) mass is 222 g/mol. The largest absolute Gasteiger partial charge is 0.502 e. The van der Waals surface area contributed by atoms with Crippen molar-refractivity contribution in [3.05, 3.63) is 21.2 Å². The van der Waals surface area contributed by atoms with E-state index in [0.717, 1.165) is 0 Å². The standard InChI is InChI=1S/C9H10N4O3/c1-3-5-7-6(10-12-11-7)4(2)8(9(5)14)13(15)16/h14H,3H2,1-2H3,(H,10,11,12). The molecule has 0 saturated carbocycles. The summed E-state index contributed by atoms with van der Waals surface area (Å²) in [6, 6.07) is 0. The van der Waals surface area contributed by atoms with E-state index in [0.29, 0.717) is 28.6 Å². The van der Waals surface area contributed by atoms with Gasteiger partial charge in [-0.1, -0.05) is 12.1 Å². The van der Waals surface area contributed by atoms with E-state index in [1.54, 1.807) is 13.8 Å². The highest BCUT2D eigenvalue weighted by Crippen LogP contribution is 2.38. The van der Waals surface area contributed by atoms with Crippen molar-refractivity contribution in [2.45, 2.75) is 20.3 Å². The summed E-state index contributed by atoms with van der Waals surface area (Å²) >= 11 is 0. The van der Waals surface area contributed by atoms with Gasteiger partial charge >= 0.3 is 5.69 Å². The van der Waals surface area contributed by atoms with Gasteiger partial charge in [0.25, 0.3) is 0 Å². The molecule has 16 heavy (non-hydrogen) atoms. The first-order valence-corrected chi connectivity index (χ1v) is 4.77. The summed E-state index contributed by atoms with van der Waals surface area (Å²) in [6.07, 6.45) is 0.454. The highest BCUT2D eigenvalue weighted by Gasteiger charge is 2.25. The number of hydrogen-bond acceptors (Lipinski definition) is 5. The number of rotatable bonds is 2. The second-order valence-electron chi connectivity index (χ2n) is 3.45. The highest BCUT2D eigenvalue weighted by molar-refractivity contribution is 5.88. The highest BCUT2D eigenvalue weighted by atomic mass is 16.6. The normalized spacial score (nSPS) is 10.9. The van der Waals surface area contributed by atoms with Crippen LogP contribution >= 0.6 is 0 Å². The molecule has 1 heterocycles. The number of nitro groups is 1. The Morgan fingerprint density at radius 1 is 1.56 bits per heavy atom. The van der Waals surface area contributed by atoms with Crippen molar-refractivity contribution in [3.63, 3.8) is 0 Å². The van der Waals surface area contributed by atoms with Gasteiger partial charge in [0.05, 0.1) is 16.0 Å². The van der Waals surface area contributed by atoms with Crippen LogP contribution in [0.25, 0.3) is 11.0 Å². The first-order chi connectivity index (χ1) is 7.57. The summed E-state index contributed by atoms with van der Waals surface area (Å²) < 4.78 is 0. The third kappa shape index (κ3) is 1.21. The van der Waals surface area contributed by atoms with Crippen molar-refractivity contribution in [2.24, 2.45) is 0 Å². The molecule has 0 amide bonds. The summed E-state index contributed by atoms with van der Waals surface area (Å²) in [5.41, 5.74) is 1.50. The molecule has 7 nitrogen and oxygen atoms in total. The first-order valence-electron chi connectivity index (χ1n) is 4.77. The molecule has 1 aromatic heterocycles. The van der Waals surface area contributed by atoms with Gasteiger partial charge in [-0.05, 0) is 13.3 Å². The average Bonchev–Trinajstić information content (AvgIpc) is 2.66. The van der Waals surface area contributed by atoms with Crippen molar-refractivity contribution >= 4 is 16.7 Å². The molecular weight excluding hydrogens is 212 g/mol. The number of phenolic OH excluding ortho intramolecular Hbond substituents is 1. The van der Waals surface area contributed by atoms with Crippen LogP contribution in [-0.4, -0.2) is 25.4 Å². The molecule has 2 aromatic rings. The molecule has 0 aliphatic carbocycles. The van der Waals surface area contributed by atoms with Gasteiger partial charge in [-0.15, -0.1) is 5.10 Å². The van der Waals surface area contributed by atoms with Crippen LogP contribution in [0.15, 0.2) is 0 Å². The summed E-state index contributed by atoms with van der Waals surface area (Å²) in [5, 5.41) is 30.7. The maximum Gasteiger partial charge on any atom is 0.316 e. The van der Waals surface area contributed by atoms with Crippen LogP contribution in [0.4, 0.5) is 5.69 Å². The number of phenols is 1. The van der Waals surface area contributed by atoms with Crippen LogP contribution in [-0.2, 0) is 6.42 Å². The van der Waals surface area contributed by atoms with Gasteiger partial charge in [-0.2, -0.15) is 0 Å². The molecule has 0 bridgehead atoms. The third-order valence-electron chi connectivity index (χ3n) is 2.61. The van der Waals surface area contributed by atoms with Crippen molar-refractivity contribution in [1.29, 1.82) is 0 Å². The minimum absolute atomic E-state index is 0.282. The Morgan fingerprint density at radius 3 is 2.81 bits per heavy atom. The lowest BCUT2D eigenvalue weighted by Gasteiger charge is -2.05. The van der Waals surface area contributed by atoms with Crippen molar-refractivity contribution in [2.75, 3.05) is 0 Å². The molecule has 2 rings (SSSR count). The molecule has 2 N–H and O–H groups in total.